The molecular weight excluding hydrogens is 200 g/mol. The fourth-order valence-electron chi connectivity index (χ4n) is 1.02. The molecule has 14 heavy (non-hydrogen) atoms. The minimum Gasteiger partial charge on any atom is -0.490 e. The maximum absolute atomic E-state index is 10.7. The third-order valence-electron chi connectivity index (χ3n) is 2.00. The quantitative estimate of drug-likeness (QED) is 0.716. The van der Waals surface area contributed by atoms with Crippen molar-refractivity contribution in [1.82, 2.24) is 0 Å². The van der Waals surface area contributed by atoms with Crippen molar-refractivity contribution < 1.29 is 9.53 Å². The van der Waals surface area contributed by atoms with E-state index in [9.17, 15) is 4.79 Å². The number of hydrogen-bond donors (Lipinski definition) is 0. The summed E-state index contributed by atoms with van der Waals surface area (Å²) in [5.74, 6) is 0.596. The fraction of sp³-hybridized carbons (Fsp3) is 0.364. The summed E-state index contributed by atoms with van der Waals surface area (Å²) < 4.78 is 5.55. The second-order valence-electron chi connectivity index (χ2n) is 3.14. The lowest BCUT2D eigenvalue weighted by Crippen LogP contribution is -2.10. The first kappa shape index (κ1) is 11.1. The summed E-state index contributed by atoms with van der Waals surface area (Å²) >= 11 is 5.75. The molecule has 0 saturated heterocycles. The normalized spacial score (nSPS) is 12.2. The third kappa shape index (κ3) is 2.74. The van der Waals surface area contributed by atoms with Gasteiger partial charge in [0.2, 0.25) is 0 Å². The molecule has 0 bridgehead atoms. The smallest absolute Gasteiger partial charge is 0.153 e. The molecule has 0 aromatic heterocycles. The van der Waals surface area contributed by atoms with E-state index in [0.29, 0.717) is 16.3 Å². The number of hydrogen-bond acceptors (Lipinski definition) is 2. The van der Waals surface area contributed by atoms with Gasteiger partial charge in [0.15, 0.2) is 6.29 Å². The highest BCUT2D eigenvalue weighted by atomic mass is 35.5. The van der Waals surface area contributed by atoms with E-state index in [4.69, 9.17) is 16.3 Å². The van der Waals surface area contributed by atoms with Crippen LogP contribution in [0.2, 0.25) is 5.02 Å². The first-order valence-electron chi connectivity index (χ1n) is 4.58. The maximum Gasteiger partial charge on any atom is 0.153 e. The topological polar surface area (TPSA) is 26.3 Å². The van der Waals surface area contributed by atoms with Gasteiger partial charge in [0, 0.05) is 5.02 Å². The van der Waals surface area contributed by atoms with Gasteiger partial charge in [-0.1, -0.05) is 18.5 Å². The summed E-state index contributed by atoms with van der Waals surface area (Å²) in [4.78, 5) is 10.7. The SMILES string of the molecule is CCC(C)Oc1ccc(Cl)cc1C=O. The molecule has 1 rings (SSSR count). The molecule has 0 aliphatic heterocycles. The molecule has 3 heteroatoms. The second kappa shape index (κ2) is 5.01. The van der Waals surface area contributed by atoms with Crippen molar-refractivity contribution in [3.8, 4) is 5.75 Å². The first-order chi connectivity index (χ1) is 6.67. The number of aldehydes is 1. The van der Waals surface area contributed by atoms with E-state index in [0.717, 1.165) is 12.7 Å². The van der Waals surface area contributed by atoms with Gasteiger partial charge in [0.25, 0.3) is 0 Å². The molecule has 0 heterocycles. The molecule has 1 aromatic carbocycles. The molecule has 76 valence electrons. The lowest BCUT2D eigenvalue weighted by Gasteiger charge is -2.13. The minimum absolute atomic E-state index is 0.106. The molecule has 0 saturated carbocycles. The Bertz CT molecular complexity index is 323. The fourth-order valence-corrected chi connectivity index (χ4v) is 1.20. The van der Waals surface area contributed by atoms with Crippen molar-refractivity contribution in [1.29, 1.82) is 0 Å². The average molecular weight is 213 g/mol. The predicted molar refractivity (Wildman–Crippen MR) is 57.2 cm³/mol. The summed E-state index contributed by atoms with van der Waals surface area (Å²) in [6.45, 7) is 3.99. The molecule has 2 nitrogen and oxygen atoms in total. The minimum atomic E-state index is 0.106. The van der Waals surface area contributed by atoms with Gasteiger partial charge in [-0.3, -0.25) is 4.79 Å². The van der Waals surface area contributed by atoms with E-state index in [2.05, 4.69) is 0 Å². The first-order valence-corrected chi connectivity index (χ1v) is 4.96. The Labute approximate surface area is 88.8 Å². The van der Waals surface area contributed by atoms with Crippen LogP contribution in [-0.2, 0) is 0 Å². The van der Waals surface area contributed by atoms with Crippen LogP contribution in [0.25, 0.3) is 0 Å². The average Bonchev–Trinajstić information content (AvgIpc) is 2.20. The molecular formula is C11H13ClO2. The molecule has 0 N–H and O–H groups in total. The number of halogens is 1. The maximum atomic E-state index is 10.7. The van der Waals surface area contributed by atoms with E-state index >= 15 is 0 Å². The van der Waals surface area contributed by atoms with Crippen LogP contribution in [0.4, 0.5) is 0 Å². The summed E-state index contributed by atoms with van der Waals surface area (Å²) in [5.41, 5.74) is 0.498. The van der Waals surface area contributed by atoms with Gasteiger partial charge in [0.05, 0.1) is 11.7 Å². The van der Waals surface area contributed by atoms with Crippen LogP contribution in [0.15, 0.2) is 18.2 Å². The monoisotopic (exact) mass is 212 g/mol. The van der Waals surface area contributed by atoms with Crippen LogP contribution in [0, 0.1) is 0 Å². The zero-order chi connectivity index (χ0) is 10.6. The summed E-state index contributed by atoms with van der Waals surface area (Å²) in [5, 5.41) is 0.545. The van der Waals surface area contributed by atoms with Crippen LogP contribution >= 0.6 is 11.6 Å². The molecule has 0 aliphatic rings. The van der Waals surface area contributed by atoms with Crippen LogP contribution in [0.5, 0.6) is 5.75 Å². The lowest BCUT2D eigenvalue weighted by atomic mass is 10.2. The standard InChI is InChI=1S/C11H13ClO2/c1-3-8(2)14-11-5-4-10(12)6-9(11)7-13/h4-8H,3H2,1-2H3. The van der Waals surface area contributed by atoms with Gasteiger partial charge in [-0.2, -0.15) is 0 Å². The largest absolute Gasteiger partial charge is 0.490 e. The summed E-state index contributed by atoms with van der Waals surface area (Å²) in [6, 6.07) is 5.04. The molecule has 0 aliphatic carbocycles. The number of ether oxygens (including phenoxy) is 1. The second-order valence-corrected chi connectivity index (χ2v) is 3.57. The van der Waals surface area contributed by atoms with Crippen LogP contribution in [-0.4, -0.2) is 12.4 Å². The van der Waals surface area contributed by atoms with E-state index in [1.165, 1.54) is 0 Å². The molecule has 0 amide bonds. The Balaban J connectivity index is 2.90. The van der Waals surface area contributed by atoms with Crippen LogP contribution in [0.3, 0.4) is 0 Å². The Hall–Kier alpha value is -1.02. The highest BCUT2D eigenvalue weighted by molar-refractivity contribution is 6.30. The van der Waals surface area contributed by atoms with Crippen molar-refractivity contribution in [2.45, 2.75) is 26.4 Å². The highest BCUT2D eigenvalue weighted by Crippen LogP contribution is 2.22. The molecule has 1 atom stereocenters. The van der Waals surface area contributed by atoms with Crippen molar-refractivity contribution in [3.63, 3.8) is 0 Å². The van der Waals surface area contributed by atoms with Crippen molar-refractivity contribution in [3.05, 3.63) is 28.8 Å². The predicted octanol–water partition coefficient (Wildman–Crippen LogP) is 3.33. The van der Waals surface area contributed by atoms with Gasteiger partial charge in [-0.25, -0.2) is 0 Å². The van der Waals surface area contributed by atoms with Crippen molar-refractivity contribution in [2.75, 3.05) is 0 Å². The Kier molecular flexibility index (Phi) is 3.96. The summed E-state index contributed by atoms with van der Waals surface area (Å²) in [6.07, 6.45) is 1.76. The number of carbonyl (C=O) groups excluding carboxylic acids is 1. The third-order valence-corrected chi connectivity index (χ3v) is 2.24. The van der Waals surface area contributed by atoms with Gasteiger partial charge in [0.1, 0.15) is 5.75 Å². The van der Waals surface area contributed by atoms with Gasteiger partial charge in [-0.05, 0) is 31.5 Å². The van der Waals surface area contributed by atoms with E-state index in [1.807, 2.05) is 13.8 Å². The molecule has 0 radical (unpaired) electrons. The van der Waals surface area contributed by atoms with Crippen molar-refractivity contribution >= 4 is 17.9 Å². The molecule has 0 spiro atoms. The van der Waals surface area contributed by atoms with E-state index in [1.54, 1.807) is 18.2 Å². The van der Waals surface area contributed by atoms with Gasteiger partial charge >= 0.3 is 0 Å². The van der Waals surface area contributed by atoms with Crippen LogP contribution in [0.1, 0.15) is 30.6 Å². The number of carbonyl (C=O) groups is 1. The molecule has 0 fully saturated rings. The zero-order valence-corrected chi connectivity index (χ0v) is 9.04. The zero-order valence-electron chi connectivity index (χ0n) is 8.29. The lowest BCUT2D eigenvalue weighted by molar-refractivity contribution is 0.111. The van der Waals surface area contributed by atoms with Crippen LogP contribution < -0.4 is 4.74 Å². The van der Waals surface area contributed by atoms with E-state index in [-0.39, 0.29) is 6.10 Å². The summed E-state index contributed by atoms with van der Waals surface area (Å²) in [7, 11) is 0. The molecule has 1 unspecified atom stereocenters. The van der Waals surface area contributed by atoms with E-state index < -0.39 is 0 Å². The van der Waals surface area contributed by atoms with Crippen molar-refractivity contribution in [2.24, 2.45) is 0 Å². The number of benzene rings is 1. The Morgan fingerprint density at radius 3 is 2.86 bits per heavy atom. The Morgan fingerprint density at radius 2 is 2.29 bits per heavy atom. The Morgan fingerprint density at radius 1 is 1.57 bits per heavy atom. The van der Waals surface area contributed by atoms with Gasteiger partial charge < -0.3 is 4.74 Å². The highest BCUT2D eigenvalue weighted by Gasteiger charge is 2.06. The molecule has 1 aromatic rings. The number of rotatable bonds is 4. The van der Waals surface area contributed by atoms with Gasteiger partial charge in [-0.15, -0.1) is 0 Å².